The summed E-state index contributed by atoms with van der Waals surface area (Å²) in [5.74, 6) is 1.85. The van der Waals surface area contributed by atoms with Gasteiger partial charge in [0.15, 0.2) is 18.0 Å². The molecule has 1 N–H and O–H groups in total. The number of amidine groups is 1. The normalized spacial score (nSPS) is 22.5. The van der Waals surface area contributed by atoms with Gasteiger partial charge in [-0.1, -0.05) is 35.9 Å². The molecular formula is C21H25N2O2S+. The van der Waals surface area contributed by atoms with E-state index in [1.54, 1.807) is 7.11 Å². The third kappa shape index (κ3) is 2.79. The molecule has 1 atom stereocenters. The molecule has 4 nitrogen and oxygen atoms in total. The summed E-state index contributed by atoms with van der Waals surface area (Å²) in [7, 11) is 1.69. The Labute approximate surface area is 159 Å². The fourth-order valence-electron chi connectivity index (χ4n) is 3.77. The van der Waals surface area contributed by atoms with Gasteiger partial charge in [-0.15, -0.1) is 0 Å². The second-order valence-electron chi connectivity index (χ2n) is 7.10. The number of hydrogen-bond acceptors (Lipinski definition) is 4. The molecule has 0 amide bonds. The minimum absolute atomic E-state index is 0.565. The Balaban J connectivity index is 1.90. The molecule has 0 radical (unpaired) electrons. The molecule has 136 valence electrons. The predicted molar refractivity (Wildman–Crippen MR) is 107 cm³/mol. The van der Waals surface area contributed by atoms with Crippen LogP contribution in [0.15, 0.2) is 42.5 Å². The number of methoxy groups -OCH3 is 1. The van der Waals surface area contributed by atoms with Crippen LogP contribution < -0.4 is 9.64 Å². The first-order valence-corrected chi connectivity index (χ1v) is 10.0. The molecule has 4 rings (SSSR count). The van der Waals surface area contributed by atoms with Crippen molar-refractivity contribution in [3.8, 4) is 5.75 Å². The Bertz CT molecular complexity index is 863. The van der Waals surface area contributed by atoms with Crippen molar-refractivity contribution in [3.05, 3.63) is 59.2 Å². The molecular weight excluding hydrogens is 344 g/mol. The molecule has 0 unspecified atom stereocenters. The second-order valence-corrected chi connectivity index (χ2v) is 8.16. The van der Waals surface area contributed by atoms with Crippen LogP contribution in [0.25, 0.3) is 0 Å². The van der Waals surface area contributed by atoms with Crippen LogP contribution in [0, 0.1) is 13.8 Å². The quantitative estimate of drug-likeness (QED) is 0.841. The molecule has 0 spiro atoms. The molecule has 26 heavy (non-hydrogen) atoms. The first kappa shape index (κ1) is 17.4. The Morgan fingerprint density at radius 1 is 1.12 bits per heavy atom. The zero-order valence-corrected chi connectivity index (χ0v) is 16.3. The number of anilines is 1. The minimum atomic E-state index is -1.11. The number of rotatable bonds is 3. The maximum atomic E-state index is 11.9. The number of nitrogens with zero attached hydrogens (tertiary/aromatic N) is 2. The molecule has 0 bridgehead atoms. The maximum absolute atomic E-state index is 11.9. The van der Waals surface area contributed by atoms with Crippen molar-refractivity contribution < 1.29 is 14.4 Å². The highest BCUT2D eigenvalue weighted by Crippen LogP contribution is 2.43. The molecule has 2 aromatic carbocycles. The van der Waals surface area contributed by atoms with E-state index in [4.69, 9.17) is 4.74 Å². The van der Waals surface area contributed by atoms with Crippen LogP contribution in [0.3, 0.4) is 0 Å². The first-order valence-electron chi connectivity index (χ1n) is 9.02. The zero-order chi connectivity index (χ0) is 18.3. The van der Waals surface area contributed by atoms with Gasteiger partial charge < -0.3 is 9.84 Å². The largest absolute Gasteiger partial charge is 0.492 e. The van der Waals surface area contributed by atoms with Crippen molar-refractivity contribution >= 4 is 22.6 Å². The number of hydrogen-bond donors (Lipinski definition) is 1. The highest BCUT2D eigenvalue weighted by molar-refractivity contribution is 8.14. The van der Waals surface area contributed by atoms with Crippen LogP contribution >= 0.6 is 11.8 Å². The first-order chi connectivity index (χ1) is 12.5. The lowest BCUT2D eigenvalue weighted by molar-refractivity contribution is -0.532. The van der Waals surface area contributed by atoms with E-state index < -0.39 is 5.72 Å². The third-order valence-corrected chi connectivity index (χ3v) is 6.33. The summed E-state index contributed by atoms with van der Waals surface area (Å²) in [6.45, 7) is 5.68. The summed E-state index contributed by atoms with van der Waals surface area (Å²) in [4.78, 5) is 2.08. The van der Waals surface area contributed by atoms with Gasteiger partial charge >= 0.3 is 5.17 Å². The lowest BCUT2D eigenvalue weighted by Crippen LogP contribution is -2.46. The smallest absolute Gasteiger partial charge is 0.316 e. The summed E-state index contributed by atoms with van der Waals surface area (Å²) in [6.07, 6.45) is 1.14. The van der Waals surface area contributed by atoms with Gasteiger partial charge in [-0.2, -0.15) is 4.90 Å². The molecule has 2 aromatic rings. The van der Waals surface area contributed by atoms with Gasteiger partial charge in [-0.25, -0.2) is 4.58 Å². The van der Waals surface area contributed by atoms with Gasteiger partial charge in [-0.3, -0.25) is 0 Å². The van der Waals surface area contributed by atoms with Crippen LogP contribution in [0.4, 0.5) is 5.69 Å². The zero-order valence-electron chi connectivity index (χ0n) is 15.5. The molecule has 0 aromatic heterocycles. The van der Waals surface area contributed by atoms with Crippen molar-refractivity contribution in [2.24, 2.45) is 0 Å². The molecule has 2 aliphatic heterocycles. The van der Waals surface area contributed by atoms with E-state index in [-0.39, 0.29) is 0 Å². The van der Waals surface area contributed by atoms with Gasteiger partial charge in [0.1, 0.15) is 0 Å². The van der Waals surface area contributed by atoms with Crippen molar-refractivity contribution in [1.29, 1.82) is 0 Å². The predicted octanol–water partition coefficient (Wildman–Crippen LogP) is 3.48. The van der Waals surface area contributed by atoms with Crippen molar-refractivity contribution in [1.82, 2.24) is 0 Å². The highest BCUT2D eigenvalue weighted by Gasteiger charge is 2.56. The van der Waals surface area contributed by atoms with Crippen LogP contribution in [0.5, 0.6) is 5.75 Å². The molecule has 5 heteroatoms. The number of aliphatic hydroxyl groups is 1. The maximum Gasteiger partial charge on any atom is 0.316 e. The van der Waals surface area contributed by atoms with E-state index in [1.807, 2.05) is 36.0 Å². The molecule has 2 aliphatic rings. The minimum Gasteiger partial charge on any atom is -0.492 e. The Hall–Kier alpha value is -1.98. The lowest BCUT2D eigenvalue weighted by atomic mass is 9.99. The van der Waals surface area contributed by atoms with Gasteiger partial charge in [0.05, 0.1) is 13.7 Å². The Kier molecular flexibility index (Phi) is 4.45. The SMILES string of the molecule is COc1ccc(C)cc1N1C2=[N+](CCCS2)C[C@@]1(O)c1ccc(C)cc1. The van der Waals surface area contributed by atoms with E-state index in [2.05, 4.69) is 41.5 Å². The van der Waals surface area contributed by atoms with Crippen molar-refractivity contribution in [3.63, 3.8) is 0 Å². The van der Waals surface area contributed by atoms with Crippen molar-refractivity contribution in [2.45, 2.75) is 26.0 Å². The second kappa shape index (κ2) is 6.63. The van der Waals surface area contributed by atoms with Crippen LogP contribution in [-0.2, 0) is 5.72 Å². The van der Waals surface area contributed by atoms with E-state index in [0.717, 1.165) is 46.4 Å². The Morgan fingerprint density at radius 3 is 2.58 bits per heavy atom. The molecule has 2 heterocycles. The average molecular weight is 370 g/mol. The van der Waals surface area contributed by atoms with Crippen LogP contribution in [-0.4, -0.2) is 40.8 Å². The summed E-state index contributed by atoms with van der Waals surface area (Å²) in [5.41, 5.74) is 3.06. The summed E-state index contributed by atoms with van der Waals surface area (Å²) < 4.78 is 7.95. The molecule has 0 fully saturated rings. The fourth-order valence-corrected chi connectivity index (χ4v) is 4.94. The topological polar surface area (TPSA) is 35.7 Å². The van der Waals surface area contributed by atoms with Gasteiger partial charge in [-0.05, 0) is 49.7 Å². The standard InChI is InChI=1S/C21H25N2O2S/c1-15-5-8-17(9-6-15)21(24)14-22-11-4-12-26-20(22)23(21)18-13-16(2)7-10-19(18)25-3/h5-10,13,24H,4,11-12,14H2,1-3H3/q+1/t21-/m1/s1. The van der Waals surface area contributed by atoms with Gasteiger partial charge in [0, 0.05) is 11.3 Å². The van der Waals surface area contributed by atoms with E-state index in [9.17, 15) is 5.11 Å². The average Bonchev–Trinajstić information content (AvgIpc) is 2.95. The van der Waals surface area contributed by atoms with Gasteiger partial charge in [0.2, 0.25) is 0 Å². The number of ether oxygens (including phenoxy) is 1. The summed E-state index contributed by atoms with van der Waals surface area (Å²) in [5, 5.41) is 13.0. The summed E-state index contributed by atoms with van der Waals surface area (Å²) in [6, 6.07) is 14.3. The van der Waals surface area contributed by atoms with E-state index in [1.165, 1.54) is 5.56 Å². The molecule has 0 saturated heterocycles. The Morgan fingerprint density at radius 2 is 1.85 bits per heavy atom. The summed E-state index contributed by atoms with van der Waals surface area (Å²) >= 11 is 1.81. The molecule has 0 aliphatic carbocycles. The molecule has 0 saturated carbocycles. The van der Waals surface area contributed by atoms with E-state index in [0.29, 0.717) is 6.54 Å². The van der Waals surface area contributed by atoms with Crippen molar-refractivity contribution in [2.75, 3.05) is 30.9 Å². The van der Waals surface area contributed by atoms with Crippen LogP contribution in [0.2, 0.25) is 0 Å². The fraction of sp³-hybridized carbons (Fsp3) is 0.381. The lowest BCUT2D eigenvalue weighted by Gasteiger charge is -2.29. The van der Waals surface area contributed by atoms with Crippen LogP contribution in [0.1, 0.15) is 23.1 Å². The third-order valence-electron chi connectivity index (χ3n) is 5.14. The number of aryl methyl sites for hydroxylation is 2. The number of thioether (sulfide) groups is 1. The highest BCUT2D eigenvalue weighted by atomic mass is 32.2. The van der Waals surface area contributed by atoms with Gasteiger partial charge in [0.25, 0.3) is 5.72 Å². The monoisotopic (exact) mass is 369 g/mol. The van der Waals surface area contributed by atoms with E-state index >= 15 is 0 Å². The number of benzene rings is 2.